The standard InChI is InChI=1S/C23H22NO4.ClH/c1-25-18-8-7-14-15-5-6-16-20-13(11-19(26-2)22(16)27-3)9-10-24(21(15)20)12-17(14)23(18)28-4;/h5-8,11-12H,9-10H2,1-4H3;1H/q+1;. The number of ether oxygens (including phenoxy) is 4. The smallest absolute Gasteiger partial charge is 0.221 e. The number of methoxy groups -OCH3 is 4. The van der Waals surface area contributed by atoms with Gasteiger partial charge in [-0.25, -0.2) is 0 Å². The van der Waals surface area contributed by atoms with E-state index in [1.807, 2.05) is 6.07 Å². The topological polar surface area (TPSA) is 40.8 Å². The van der Waals surface area contributed by atoms with E-state index in [2.05, 4.69) is 35.0 Å². The van der Waals surface area contributed by atoms with Crippen molar-refractivity contribution in [3.05, 3.63) is 42.1 Å². The Hall–Kier alpha value is -2.92. The molecule has 0 saturated heterocycles. The number of benzene rings is 3. The zero-order valence-electron chi connectivity index (χ0n) is 16.9. The molecule has 1 aliphatic heterocycles. The molecule has 1 aliphatic rings. The van der Waals surface area contributed by atoms with Gasteiger partial charge in [0, 0.05) is 17.2 Å². The average molecular weight is 413 g/mol. The highest BCUT2D eigenvalue weighted by Crippen LogP contribution is 2.44. The summed E-state index contributed by atoms with van der Waals surface area (Å²) in [6.45, 7) is 0.897. The van der Waals surface area contributed by atoms with Crippen molar-refractivity contribution in [1.29, 1.82) is 0 Å². The number of aryl methyl sites for hydroxylation is 2. The number of rotatable bonds is 4. The van der Waals surface area contributed by atoms with Crippen LogP contribution in [0.15, 0.2) is 36.5 Å². The first-order chi connectivity index (χ1) is 13.7. The lowest BCUT2D eigenvalue weighted by atomic mass is 9.92. The molecule has 0 aliphatic carbocycles. The van der Waals surface area contributed by atoms with E-state index < -0.39 is 0 Å². The fraction of sp³-hybridized carbons (Fsp3) is 0.261. The average Bonchev–Trinajstić information content (AvgIpc) is 2.75. The zero-order chi connectivity index (χ0) is 19.4. The van der Waals surface area contributed by atoms with E-state index in [1.165, 1.54) is 21.9 Å². The minimum absolute atomic E-state index is 0. The largest absolute Gasteiger partial charge is 0.493 e. The fourth-order valence-electron chi connectivity index (χ4n) is 4.56. The second-order valence-corrected chi connectivity index (χ2v) is 6.99. The van der Waals surface area contributed by atoms with E-state index in [-0.39, 0.29) is 12.4 Å². The van der Waals surface area contributed by atoms with E-state index in [1.54, 1.807) is 28.4 Å². The maximum atomic E-state index is 5.70. The minimum Gasteiger partial charge on any atom is -0.493 e. The first kappa shape index (κ1) is 19.4. The van der Waals surface area contributed by atoms with Crippen LogP contribution in [0.25, 0.3) is 32.4 Å². The molecular formula is C23H23ClNO4+. The summed E-state index contributed by atoms with van der Waals surface area (Å²) in [4.78, 5) is 0. The van der Waals surface area contributed by atoms with Crippen LogP contribution in [0.5, 0.6) is 23.0 Å². The summed E-state index contributed by atoms with van der Waals surface area (Å²) in [6.07, 6.45) is 3.11. The molecule has 29 heavy (non-hydrogen) atoms. The second kappa shape index (κ2) is 7.16. The normalized spacial score (nSPS) is 12.3. The Bertz CT molecular complexity index is 1270. The molecule has 4 aromatic rings. The fourth-order valence-corrected chi connectivity index (χ4v) is 4.56. The molecule has 2 heterocycles. The molecule has 5 nitrogen and oxygen atoms in total. The van der Waals surface area contributed by atoms with Crippen LogP contribution in [0, 0.1) is 0 Å². The second-order valence-electron chi connectivity index (χ2n) is 6.99. The number of hydrogen-bond donors (Lipinski definition) is 0. The van der Waals surface area contributed by atoms with Crippen molar-refractivity contribution in [3.8, 4) is 23.0 Å². The predicted molar refractivity (Wildman–Crippen MR) is 116 cm³/mol. The van der Waals surface area contributed by atoms with Crippen molar-refractivity contribution in [1.82, 2.24) is 0 Å². The minimum atomic E-state index is 0. The van der Waals surface area contributed by atoms with Crippen LogP contribution >= 0.6 is 12.4 Å². The summed E-state index contributed by atoms with van der Waals surface area (Å²) in [5.74, 6) is 3.07. The van der Waals surface area contributed by atoms with E-state index in [4.69, 9.17) is 18.9 Å². The Labute approximate surface area is 175 Å². The number of pyridine rings is 1. The van der Waals surface area contributed by atoms with Gasteiger partial charge >= 0.3 is 0 Å². The van der Waals surface area contributed by atoms with Crippen LogP contribution in [0.1, 0.15) is 5.56 Å². The Kier molecular flexibility index (Phi) is 4.79. The van der Waals surface area contributed by atoms with Gasteiger partial charge in [-0.05, 0) is 35.9 Å². The van der Waals surface area contributed by atoms with Gasteiger partial charge in [0.2, 0.25) is 5.52 Å². The molecule has 0 radical (unpaired) electrons. The van der Waals surface area contributed by atoms with Gasteiger partial charge in [0.15, 0.2) is 35.7 Å². The van der Waals surface area contributed by atoms with Gasteiger partial charge in [-0.1, -0.05) is 0 Å². The van der Waals surface area contributed by atoms with Crippen molar-refractivity contribution in [2.24, 2.45) is 0 Å². The summed E-state index contributed by atoms with van der Waals surface area (Å²) in [7, 11) is 6.74. The van der Waals surface area contributed by atoms with Gasteiger partial charge in [0.25, 0.3) is 0 Å². The summed E-state index contributed by atoms with van der Waals surface area (Å²) in [6, 6.07) is 10.5. The van der Waals surface area contributed by atoms with Crippen LogP contribution in [-0.4, -0.2) is 28.4 Å². The highest BCUT2D eigenvalue weighted by Gasteiger charge is 2.28. The van der Waals surface area contributed by atoms with Crippen LogP contribution in [-0.2, 0) is 13.0 Å². The van der Waals surface area contributed by atoms with E-state index in [0.717, 1.165) is 52.1 Å². The Morgan fingerprint density at radius 1 is 0.724 bits per heavy atom. The molecule has 150 valence electrons. The molecule has 0 amide bonds. The van der Waals surface area contributed by atoms with Crippen LogP contribution in [0.4, 0.5) is 0 Å². The van der Waals surface area contributed by atoms with Crippen molar-refractivity contribution in [2.75, 3.05) is 28.4 Å². The zero-order valence-corrected chi connectivity index (χ0v) is 17.7. The Morgan fingerprint density at radius 3 is 2.07 bits per heavy atom. The maximum Gasteiger partial charge on any atom is 0.221 e. The van der Waals surface area contributed by atoms with Crippen LogP contribution < -0.4 is 23.5 Å². The third-order valence-corrected chi connectivity index (χ3v) is 5.77. The summed E-state index contributed by atoms with van der Waals surface area (Å²) in [5, 5.41) is 5.71. The van der Waals surface area contributed by atoms with Gasteiger partial charge in [-0.15, -0.1) is 12.4 Å². The molecule has 0 N–H and O–H groups in total. The molecule has 0 spiro atoms. The van der Waals surface area contributed by atoms with Crippen LogP contribution in [0.2, 0.25) is 0 Å². The van der Waals surface area contributed by atoms with Crippen molar-refractivity contribution in [3.63, 3.8) is 0 Å². The summed E-state index contributed by atoms with van der Waals surface area (Å²) < 4.78 is 24.8. The van der Waals surface area contributed by atoms with E-state index in [9.17, 15) is 0 Å². The predicted octanol–water partition coefficient (Wildman–Crippen LogP) is 4.45. The van der Waals surface area contributed by atoms with E-state index in [0.29, 0.717) is 0 Å². The molecule has 0 atom stereocenters. The lowest BCUT2D eigenvalue weighted by Crippen LogP contribution is -2.38. The summed E-state index contributed by atoms with van der Waals surface area (Å²) in [5.41, 5.74) is 2.51. The van der Waals surface area contributed by atoms with Gasteiger partial charge in [0.1, 0.15) is 0 Å². The molecule has 1 aromatic heterocycles. The molecule has 0 saturated carbocycles. The molecular weight excluding hydrogens is 390 g/mol. The first-order valence-electron chi connectivity index (χ1n) is 9.29. The number of nitrogens with zero attached hydrogens (tertiary/aromatic N) is 1. The molecule has 6 heteroatoms. The number of fused-ring (bicyclic) bond motifs is 2. The van der Waals surface area contributed by atoms with Crippen LogP contribution in [0.3, 0.4) is 0 Å². The Morgan fingerprint density at radius 2 is 1.38 bits per heavy atom. The number of halogens is 1. The van der Waals surface area contributed by atoms with Crippen molar-refractivity contribution < 1.29 is 23.5 Å². The molecule has 0 bridgehead atoms. The molecule has 0 fully saturated rings. The lowest BCUT2D eigenvalue weighted by molar-refractivity contribution is -0.670. The van der Waals surface area contributed by atoms with Gasteiger partial charge < -0.3 is 18.9 Å². The first-order valence-corrected chi connectivity index (χ1v) is 9.29. The number of aromatic nitrogens is 1. The summed E-state index contributed by atoms with van der Waals surface area (Å²) >= 11 is 0. The third-order valence-electron chi connectivity index (χ3n) is 5.77. The quantitative estimate of drug-likeness (QED) is 0.367. The highest BCUT2D eigenvalue weighted by molar-refractivity contribution is 6.17. The lowest BCUT2D eigenvalue weighted by Gasteiger charge is -2.19. The molecule has 3 aromatic carbocycles. The monoisotopic (exact) mass is 412 g/mol. The maximum absolute atomic E-state index is 5.70. The third kappa shape index (κ3) is 2.57. The SMILES string of the molecule is COc1ccc2c(c[n+]3c4c2ccc2c(OC)c(OC)cc(c24)CC3)c1OC.Cl. The van der Waals surface area contributed by atoms with E-state index >= 15 is 0 Å². The van der Waals surface area contributed by atoms with Crippen molar-refractivity contribution >= 4 is 44.9 Å². The number of hydrogen-bond acceptors (Lipinski definition) is 4. The van der Waals surface area contributed by atoms with Crippen molar-refractivity contribution in [2.45, 2.75) is 13.0 Å². The molecule has 0 unspecified atom stereocenters. The highest BCUT2D eigenvalue weighted by atomic mass is 35.5. The van der Waals surface area contributed by atoms with Gasteiger partial charge in [-0.2, -0.15) is 4.57 Å². The van der Waals surface area contributed by atoms with Gasteiger partial charge in [-0.3, -0.25) is 0 Å². The Balaban J connectivity index is 0.00000205. The molecule has 5 rings (SSSR count). The van der Waals surface area contributed by atoms with Gasteiger partial charge in [0.05, 0.1) is 44.6 Å².